The van der Waals surface area contributed by atoms with Gasteiger partial charge in [-0.1, -0.05) is 15.9 Å². The molecule has 2 saturated heterocycles. The van der Waals surface area contributed by atoms with E-state index in [0.717, 1.165) is 89.1 Å². The molecule has 0 saturated carbocycles. The van der Waals surface area contributed by atoms with Gasteiger partial charge in [-0.15, -0.1) is 23.2 Å². The summed E-state index contributed by atoms with van der Waals surface area (Å²) in [5, 5.41) is 4.18. The second-order valence-corrected chi connectivity index (χ2v) is 6.14. The Labute approximate surface area is 147 Å². The van der Waals surface area contributed by atoms with Crippen molar-refractivity contribution in [1.29, 1.82) is 0 Å². The molecular weight excluding hydrogens is 379 g/mol. The molecule has 2 aliphatic rings. The van der Waals surface area contributed by atoms with Gasteiger partial charge in [-0.2, -0.15) is 0 Å². The lowest BCUT2D eigenvalue weighted by molar-refractivity contribution is 0.0381. The fourth-order valence-corrected chi connectivity index (χ4v) is 2.53. The number of nitrogens with zero attached hydrogens (tertiary/aromatic N) is 1. The molecule has 0 aromatic rings. The Morgan fingerprint density at radius 1 is 0.905 bits per heavy atom. The average molecular weight is 408 g/mol. The van der Waals surface area contributed by atoms with Crippen LogP contribution in [0.5, 0.6) is 0 Å². The van der Waals surface area contributed by atoms with Crippen LogP contribution in [-0.2, 0) is 9.47 Å². The molecule has 21 heavy (non-hydrogen) atoms. The lowest BCUT2D eigenvalue weighted by atomic mass is 10.4. The fourth-order valence-electron chi connectivity index (χ4n) is 1.67. The third-order valence-corrected chi connectivity index (χ3v) is 3.92. The van der Waals surface area contributed by atoms with Crippen molar-refractivity contribution in [2.75, 3.05) is 76.2 Å². The first-order valence-corrected chi connectivity index (χ1v) is 9.80. The minimum Gasteiger partial charge on any atom is -0.379 e. The minimum atomic E-state index is 0.769. The van der Waals surface area contributed by atoms with Crippen LogP contribution in [0, 0.1) is 0 Å². The predicted octanol–water partition coefficient (Wildman–Crippen LogP) is 2.56. The second kappa shape index (κ2) is 18.9. The molecule has 0 radical (unpaired) electrons. The van der Waals surface area contributed by atoms with Gasteiger partial charge in [-0.3, -0.25) is 4.90 Å². The summed E-state index contributed by atoms with van der Waals surface area (Å²) in [6, 6.07) is 0. The van der Waals surface area contributed by atoms with E-state index in [-0.39, 0.29) is 0 Å². The van der Waals surface area contributed by atoms with Gasteiger partial charge in [0.25, 0.3) is 0 Å². The van der Waals surface area contributed by atoms with Crippen molar-refractivity contribution in [3.63, 3.8) is 0 Å². The van der Waals surface area contributed by atoms with Crippen molar-refractivity contribution < 1.29 is 9.47 Å². The predicted molar refractivity (Wildman–Crippen MR) is 95.4 cm³/mol. The lowest BCUT2D eigenvalue weighted by Crippen LogP contribution is -2.36. The van der Waals surface area contributed by atoms with E-state index in [0.29, 0.717) is 0 Å². The summed E-state index contributed by atoms with van der Waals surface area (Å²) < 4.78 is 10.2. The average Bonchev–Trinajstić information content (AvgIpc) is 2.57. The third kappa shape index (κ3) is 17.1. The van der Waals surface area contributed by atoms with Crippen molar-refractivity contribution in [2.24, 2.45) is 0 Å². The first-order chi connectivity index (χ1) is 10.3. The van der Waals surface area contributed by atoms with Gasteiger partial charge in [0.2, 0.25) is 0 Å². The molecule has 4 nitrogen and oxygen atoms in total. The Morgan fingerprint density at radius 2 is 1.48 bits per heavy atom. The molecule has 128 valence electrons. The summed E-state index contributed by atoms with van der Waals surface area (Å²) >= 11 is 14.1. The van der Waals surface area contributed by atoms with Crippen LogP contribution in [-0.4, -0.2) is 81.1 Å². The van der Waals surface area contributed by atoms with Gasteiger partial charge in [0.05, 0.1) is 26.4 Å². The highest BCUT2D eigenvalue weighted by Crippen LogP contribution is 1.98. The van der Waals surface area contributed by atoms with Crippen molar-refractivity contribution in [1.82, 2.24) is 10.2 Å². The molecule has 0 aliphatic carbocycles. The van der Waals surface area contributed by atoms with Crippen LogP contribution in [0.25, 0.3) is 0 Å². The summed E-state index contributed by atoms with van der Waals surface area (Å²) in [7, 11) is 0. The third-order valence-electron chi connectivity index (χ3n) is 2.83. The normalized spacial score (nSPS) is 19.0. The molecule has 0 amide bonds. The molecule has 2 heterocycles. The van der Waals surface area contributed by atoms with Crippen LogP contribution in [0.1, 0.15) is 12.8 Å². The number of morpholine rings is 2. The quantitative estimate of drug-likeness (QED) is 0.710. The van der Waals surface area contributed by atoms with Gasteiger partial charge in [-0.05, 0) is 19.4 Å². The summed E-state index contributed by atoms with van der Waals surface area (Å²) in [6.45, 7) is 8.91. The maximum atomic E-state index is 5.56. The van der Waals surface area contributed by atoms with Crippen LogP contribution < -0.4 is 5.32 Å². The molecular formula is C14H29BrCl2N2O2. The summed E-state index contributed by atoms with van der Waals surface area (Å²) in [5.74, 6) is 1.54. The second-order valence-electron chi connectivity index (χ2n) is 4.59. The van der Waals surface area contributed by atoms with Gasteiger partial charge in [0, 0.05) is 43.3 Å². The van der Waals surface area contributed by atoms with Crippen LogP contribution in [0.4, 0.5) is 0 Å². The first kappa shape index (κ1) is 21.9. The molecule has 2 fully saturated rings. The maximum Gasteiger partial charge on any atom is 0.0594 e. The monoisotopic (exact) mass is 406 g/mol. The van der Waals surface area contributed by atoms with Gasteiger partial charge in [0.1, 0.15) is 0 Å². The Hall–Kier alpha value is 0.900. The van der Waals surface area contributed by atoms with E-state index in [4.69, 9.17) is 32.7 Å². The Balaban J connectivity index is 0.000000312. The van der Waals surface area contributed by atoms with Crippen LogP contribution in [0.15, 0.2) is 0 Å². The standard InChI is InChI=1S/C7H14ClNO.C4H9NO.C3H6BrCl/c8-2-1-3-9-4-6-10-7-5-9;1-3-6-4-2-5-1;4-2-1-3-5/h1-7H2;5H,1-4H2;1-3H2. The van der Waals surface area contributed by atoms with Crippen molar-refractivity contribution in [3.05, 3.63) is 0 Å². The Kier molecular flexibility index (Phi) is 19.8. The minimum absolute atomic E-state index is 0.769. The molecule has 0 aromatic heterocycles. The zero-order valence-electron chi connectivity index (χ0n) is 12.8. The Bertz CT molecular complexity index is 182. The van der Waals surface area contributed by atoms with Crippen LogP contribution in [0.2, 0.25) is 0 Å². The van der Waals surface area contributed by atoms with Crippen LogP contribution >= 0.6 is 39.1 Å². The Morgan fingerprint density at radius 3 is 1.81 bits per heavy atom. The highest BCUT2D eigenvalue weighted by molar-refractivity contribution is 9.09. The van der Waals surface area contributed by atoms with E-state index in [9.17, 15) is 0 Å². The van der Waals surface area contributed by atoms with E-state index in [1.54, 1.807) is 0 Å². The first-order valence-electron chi connectivity index (χ1n) is 7.61. The molecule has 0 spiro atoms. The van der Waals surface area contributed by atoms with E-state index in [1.807, 2.05) is 0 Å². The molecule has 1 N–H and O–H groups in total. The van der Waals surface area contributed by atoms with Gasteiger partial charge in [-0.25, -0.2) is 0 Å². The van der Waals surface area contributed by atoms with Crippen LogP contribution in [0.3, 0.4) is 0 Å². The molecule has 0 unspecified atom stereocenters. The molecule has 2 aliphatic heterocycles. The van der Waals surface area contributed by atoms with Crippen molar-refractivity contribution in [2.45, 2.75) is 12.8 Å². The molecule has 0 aromatic carbocycles. The number of hydrogen-bond donors (Lipinski definition) is 1. The smallest absolute Gasteiger partial charge is 0.0594 e. The largest absolute Gasteiger partial charge is 0.379 e. The number of halogens is 3. The zero-order chi connectivity index (χ0) is 15.6. The topological polar surface area (TPSA) is 33.7 Å². The molecule has 7 heteroatoms. The molecule has 0 atom stereocenters. The fraction of sp³-hybridized carbons (Fsp3) is 1.00. The summed E-state index contributed by atoms with van der Waals surface area (Å²) in [4.78, 5) is 2.39. The van der Waals surface area contributed by atoms with Crippen molar-refractivity contribution in [3.8, 4) is 0 Å². The molecule has 0 bridgehead atoms. The highest BCUT2D eigenvalue weighted by Gasteiger charge is 2.08. The van der Waals surface area contributed by atoms with E-state index in [1.165, 1.54) is 0 Å². The van der Waals surface area contributed by atoms with Crippen molar-refractivity contribution >= 4 is 39.1 Å². The van der Waals surface area contributed by atoms with E-state index >= 15 is 0 Å². The summed E-state index contributed by atoms with van der Waals surface area (Å²) in [5.41, 5.74) is 0. The number of ether oxygens (including phenoxy) is 2. The summed E-state index contributed by atoms with van der Waals surface area (Å²) in [6.07, 6.45) is 2.17. The SMILES string of the molecule is C1COCCN1.ClCCCBr.ClCCCN1CCOCC1. The van der Waals surface area contributed by atoms with Gasteiger partial charge in [0.15, 0.2) is 0 Å². The number of rotatable bonds is 5. The zero-order valence-corrected chi connectivity index (χ0v) is 15.9. The molecule has 2 rings (SSSR count). The number of hydrogen-bond acceptors (Lipinski definition) is 4. The number of alkyl halides is 3. The van der Waals surface area contributed by atoms with Gasteiger partial charge >= 0.3 is 0 Å². The highest BCUT2D eigenvalue weighted by atomic mass is 79.9. The van der Waals surface area contributed by atoms with Gasteiger partial charge < -0.3 is 14.8 Å². The van der Waals surface area contributed by atoms with E-state index in [2.05, 4.69) is 26.1 Å². The van der Waals surface area contributed by atoms with E-state index < -0.39 is 0 Å². The number of nitrogens with one attached hydrogen (secondary N) is 1. The maximum absolute atomic E-state index is 5.56. The lowest BCUT2D eigenvalue weighted by Gasteiger charge is -2.25.